The third-order valence-electron chi connectivity index (χ3n) is 3.21. The van der Waals surface area contributed by atoms with Gasteiger partial charge >= 0.3 is 5.97 Å². The molecule has 0 unspecified atom stereocenters. The molecule has 1 amide bonds. The van der Waals surface area contributed by atoms with Gasteiger partial charge in [-0.1, -0.05) is 40.9 Å². The number of halogens is 2. The molecule has 25 heavy (non-hydrogen) atoms. The van der Waals surface area contributed by atoms with E-state index in [1.807, 2.05) is 31.2 Å². The average Bonchev–Trinajstić information content (AvgIpc) is 2.58. The Morgan fingerprint density at radius 2 is 1.76 bits per heavy atom. The fourth-order valence-electron chi connectivity index (χ4n) is 1.92. The standard InChI is InChI=1S/C18H17Cl2NO4/c1-12-2-5-14(6-3-12)24-8-9-25-17(22)11-21-18(23)15-7-4-13(19)10-16(15)20/h2-7,10H,8-9,11H2,1H3,(H,21,23). The number of carbonyl (C=O) groups excluding carboxylic acids is 2. The van der Waals surface area contributed by atoms with E-state index in [4.69, 9.17) is 32.7 Å². The van der Waals surface area contributed by atoms with E-state index in [1.54, 1.807) is 6.07 Å². The second-order valence-corrected chi connectivity index (χ2v) is 6.03. The predicted octanol–water partition coefficient (Wildman–Crippen LogP) is 3.65. The van der Waals surface area contributed by atoms with Crippen LogP contribution >= 0.6 is 23.2 Å². The normalized spacial score (nSPS) is 10.2. The van der Waals surface area contributed by atoms with E-state index in [2.05, 4.69) is 5.32 Å². The zero-order chi connectivity index (χ0) is 18.2. The van der Waals surface area contributed by atoms with Crippen molar-refractivity contribution in [3.63, 3.8) is 0 Å². The number of amides is 1. The lowest BCUT2D eigenvalue weighted by molar-refractivity contribution is -0.143. The van der Waals surface area contributed by atoms with E-state index < -0.39 is 11.9 Å². The van der Waals surface area contributed by atoms with Crippen molar-refractivity contribution in [3.05, 3.63) is 63.6 Å². The highest BCUT2D eigenvalue weighted by molar-refractivity contribution is 6.36. The molecule has 2 rings (SSSR count). The fourth-order valence-corrected chi connectivity index (χ4v) is 2.42. The van der Waals surface area contributed by atoms with Gasteiger partial charge in [0.05, 0.1) is 10.6 Å². The minimum atomic E-state index is -0.564. The van der Waals surface area contributed by atoms with E-state index in [-0.39, 0.29) is 30.3 Å². The minimum absolute atomic E-state index is 0.0876. The Balaban J connectivity index is 1.68. The number of hydrogen-bond donors (Lipinski definition) is 1. The van der Waals surface area contributed by atoms with Gasteiger partial charge in [-0.05, 0) is 37.3 Å². The minimum Gasteiger partial charge on any atom is -0.490 e. The van der Waals surface area contributed by atoms with Crippen LogP contribution in [0.15, 0.2) is 42.5 Å². The summed E-state index contributed by atoms with van der Waals surface area (Å²) in [6, 6.07) is 12.0. The van der Waals surface area contributed by atoms with Gasteiger partial charge in [0.1, 0.15) is 25.5 Å². The Morgan fingerprint density at radius 3 is 2.44 bits per heavy atom. The van der Waals surface area contributed by atoms with Crippen molar-refractivity contribution in [3.8, 4) is 5.75 Å². The summed E-state index contributed by atoms with van der Waals surface area (Å²) in [7, 11) is 0. The number of hydrogen-bond acceptors (Lipinski definition) is 4. The molecular formula is C18H17Cl2NO4. The third kappa shape index (κ3) is 6.29. The van der Waals surface area contributed by atoms with Gasteiger partial charge in [-0.25, -0.2) is 0 Å². The second kappa shape index (κ2) is 9.30. The summed E-state index contributed by atoms with van der Waals surface area (Å²) < 4.78 is 10.4. The summed E-state index contributed by atoms with van der Waals surface area (Å²) in [5.41, 5.74) is 1.37. The number of benzene rings is 2. The van der Waals surface area contributed by atoms with Gasteiger partial charge in [0.2, 0.25) is 0 Å². The highest BCUT2D eigenvalue weighted by Crippen LogP contribution is 2.20. The van der Waals surface area contributed by atoms with Crippen molar-refractivity contribution in [1.82, 2.24) is 5.32 Å². The summed E-state index contributed by atoms with van der Waals surface area (Å²) in [5, 5.41) is 3.08. The lowest BCUT2D eigenvalue weighted by atomic mass is 10.2. The number of rotatable bonds is 7. The molecule has 5 nitrogen and oxygen atoms in total. The SMILES string of the molecule is Cc1ccc(OCCOC(=O)CNC(=O)c2ccc(Cl)cc2Cl)cc1. The number of carbonyl (C=O) groups is 2. The molecule has 7 heteroatoms. The molecular weight excluding hydrogens is 365 g/mol. The van der Waals surface area contributed by atoms with Crippen LogP contribution in [0.2, 0.25) is 10.0 Å². The van der Waals surface area contributed by atoms with Crippen molar-refractivity contribution in [1.29, 1.82) is 0 Å². The van der Waals surface area contributed by atoms with Crippen LogP contribution in [-0.2, 0) is 9.53 Å². The van der Waals surface area contributed by atoms with Crippen LogP contribution in [-0.4, -0.2) is 31.6 Å². The zero-order valence-corrected chi connectivity index (χ0v) is 15.1. The van der Waals surface area contributed by atoms with Gasteiger partial charge in [0, 0.05) is 5.02 Å². The van der Waals surface area contributed by atoms with Crippen molar-refractivity contribution in [2.45, 2.75) is 6.92 Å². The first-order chi connectivity index (χ1) is 12.0. The van der Waals surface area contributed by atoms with Gasteiger partial charge in [0.15, 0.2) is 0 Å². The maximum atomic E-state index is 12.0. The first kappa shape index (κ1) is 19.1. The number of esters is 1. The van der Waals surface area contributed by atoms with Crippen LogP contribution in [0.5, 0.6) is 5.75 Å². The van der Waals surface area contributed by atoms with Crippen LogP contribution in [0.25, 0.3) is 0 Å². The lowest BCUT2D eigenvalue weighted by Crippen LogP contribution is -2.31. The van der Waals surface area contributed by atoms with Gasteiger partial charge in [-0.15, -0.1) is 0 Å². The molecule has 0 fully saturated rings. The van der Waals surface area contributed by atoms with Crippen molar-refractivity contribution in [2.24, 2.45) is 0 Å². The zero-order valence-electron chi connectivity index (χ0n) is 13.6. The average molecular weight is 382 g/mol. The molecule has 2 aromatic rings. The Morgan fingerprint density at radius 1 is 1.04 bits per heavy atom. The first-order valence-corrected chi connectivity index (χ1v) is 8.29. The Hall–Kier alpha value is -2.24. The largest absolute Gasteiger partial charge is 0.490 e. The third-order valence-corrected chi connectivity index (χ3v) is 3.75. The second-order valence-electron chi connectivity index (χ2n) is 5.19. The number of nitrogens with one attached hydrogen (secondary N) is 1. The molecule has 0 spiro atoms. The van der Waals surface area contributed by atoms with Crippen LogP contribution in [0.4, 0.5) is 0 Å². The topological polar surface area (TPSA) is 64.6 Å². The molecule has 0 heterocycles. The number of ether oxygens (including phenoxy) is 2. The molecule has 132 valence electrons. The molecule has 1 N–H and O–H groups in total. The molecule has 0 atom stereocenters. The smallest absolute Gasteiger partial charge is 0.325 e. The molecule has 0 aromatic heterocycles. The van der Waals surface area contributed by atoms with E-state index >= 15 is 0 Å². The van der Waals surface area contributed by atoms with Gasteiger partial charge in [0.25, 0.3) is 5.91 Å². The van der Waals surface area contributed by atoms with Crippen LogP contribution in [0.1, 0.15) is 15.9 Å². The van der Waals surface area contributed by atoms with Gasteiger partial charge < -0.3 is 14.8 Å². The summed E-state index contributed by atoms with van der Waals surface area (Å²) in [6.45, 7) is 2.04. The fraction of sp³-hybridized carbons (Fsp3) is 0.222. The molecule has 0 radical (unpaired) electrons. The van der Waals surface area contributed by atoms with Crippen LogP contribution < -0.4 is 10.1 Å². The van der Waals surface area contributed by atoms with Gasteiger partial charge in [-0.2, -0.15) is 0 Å². The maximum Gasteiger partial charge on any atom is 0.325 e. The van der Waals surface area contributed by atoms with Crippen LogP contribution in [0, 0.1) is 6.92 Å². The Labute approximate surface area is 155 Å². The summed E-state index contributed by atoms with van der Waals surface area (Å²) in [5.74, 6) is -0.340. The van der Waals surface area contributed by atoms with E-state index in [0.717, 1.165) is 5.56 Å². The van der Waals surface area contributed by atoms with E-state index in [0.29, 0.717) is 10.8 Å². The first-order valence-electron chi connectivity index (χ1n) is 7.54. The molecule has 0 aliphatic rings. The maximum absolute atomic E-state index is 12.0. The Kier molecular flexibility index (Phi) is 7.10. The molecule has 0 saturated carbocycles. The van der Waals surface area contributed by atoms with Crippen molar-refractivity contribution in [2.75, 3.05) is 19.8 Å². The van der Waals surface area contributed by atoms with E-state index in [1.165, 1.54) is 12.1 Å². The van der Waals surface area contributed by atoms with Crippen molar-refractivity contribution < 1.29 is 19.1 Å². The highest BCUT2D eigenvalue weighted by Gasteiger charge is 2.12. The Bertz CT molecular complexity index is 747. The lowest BCUT2D eigenvalue weighted by Gasteiger charge is -2.09. The highest BCUT2D eigenvalue weighted by atomic mass is 35.5. The summed E-state index contributed by atoms with van der Waals surface area (Å²) in [4.78, 5) is 23.6. The predicted molar refractivity (Wildman–Crippen MR) is 96.4 cm³/mol. The monoisotopic (exact) mass is 381 g/mol. The quantitative estimate of drug-likeness (QED) is 0.587. The molecule has 0 saturated heterocycles. The van der Waals surface area contributed by atoms with Gasteiger partial charge in [-0.3, -0.25) is 9.59 Å². The summed E-state index contributed by atoms with van der Waals surface area (Å²) >= 11 is 11.7. The molecule has 0 aliphatic carbocycles. The molecule has 2 aromatic carbocycles. The van der Waals surface area contributed by atoms with E-state index in [9.17, 15) is 9.59 Å². The molecule has 0 aliphatic heterocycles. The number of aryl methyl sites for hydroxylation is 1. The molecule has 0 bridgehead atoms. The summed E-state index contributed by atoms with van der Waals surface area (Å²) in [6.07, 6.45) is 0. The van der Waals surface area contributed by atoms with Crippen molar-refractivity contribution >= 4 is 35.1 Å². The van der Waals surface area contributed by atoms with Crippen LogP contribution in [0.3, 0.4) is 0 Å².